The molecule has 0 bridgehead atoms. The summed E-state index contributed by atoms with van der Waals surface area (Å²) in [5.41, 5.74) is 3.86. The highest BCUT2D eigenvalue weighted by atomic mass is 35.5. The standard InChI is InChI=1S/C26H25ClN6O2/c1-18-7-9-19(10-8-18)17-33-23-22(6-3-11-28-23)30-24(25(33)34)31-12-14-32(15-13-31)26(35)29-21-5-2-4-20(27)16-21/h2-11,16H,12-15,17H2,1H3,(H,29,35). The summed E-state index contributed by atoms with van der Waals surface area (Å²) in [6.07, 6.45) is 1.67. The molecule has 178 valence electrons. The van der Waals surface area contributed by atoms with Gasteiger partial charge in [-0.05, 0) is 42.8 Å². The predicted molar refractivity (Wildman–Crippen MR) is 138 cm³/mol. The first-order chi connectivity index (χ1) is 17.0. The Balaban J connectivity index is 1.36. The first kappa shape index (κ1) is 22.9. The fourth-order valence-electron chi connectivity index (χ4n) is 4.18. The topological polar surface area (TPSA) is 83.4 Å². The number of carbonyl (C=O) groups is 1. The lowest BCUT2D eigenvalue weighted by atomic mass is 10.1. The van der Waals surface area contributed by atoms with Gasteiger partial charge in [0.05, 0.1) is 6.54 Å². The van der Waals surface area contributed by atoms with E-state index in [9.17, 15) is 9.59 Å². The number of carbonyl (C=O) groups excluding carboxylic acids is 1. The molecule has 0 aliphatic carbocycles. The van der Waals surface area contributed by atoms with E-state index in [1.54, 1.807) is 39.9 Å². The van der Waals surface area contributed by atoms with Crippen LogP contribution >= 0.6 is 11.6 Å². The lowest BCUT2D eigenvalue weighted by Crippen LogP contribution is -2.51. The van der Waals surface area contributed by atoms with E-state index >= 15 is 0 Å². The second-order valence-electron chi connectivity index (χ2n) is 8.57. The monoisotopic (exact) mass is 488 g/mol. The number of rotatable bonds is 4. The number of urea groups is 1. The van der Waals surface area contributed by atoms with Gasteiger partial charge in [0.15, 0.2) is 11.5 Å². The van der Waals surface area contributed by atoms with Crippen molar-refractivity contribution < 1.29 is 4.79 Å². The molecule has 1 fully saturated rings. The summed E-state index contributed by atoms with van der Waals surface area (Å²) in [4.78, 5) is 39.0. The number of amides is 2. The van der Waals surface area contributed by atoms with Gasteiger partial charge >= 0.3 is 6.03 Å². The molecule has 0 spiro atoms. The molecule has 2 aromatic carbocycles. The van der Waals surface area contributed by atoms with Crippen molar-refractivity contribution in [2.75, 3.05) is 36.4 Å². The fraction of sp³-hybridized carbons (Fsp3) is 0.231. The van der Waals surface area contributed by atoms with E-state index in [-0.39, 0.29) is 11.6 Å². The van der Waals surface area contributed by atoms with Gasteiger partial charge in [-0.15, -0.1) is 0 Å². The van der Waals surface area contributed by atoms with E-state index in [4.69, 9.17) is 11.6 Å². The van der Waals surface area contributed by atoms with E-state index < -0.39 is 0 Å². The van der Waals surface area contributed by atoms with Crippen LogP contribution in [0.5, 0.6) is 0 Å². The first-order valence-corrected chi connectivity index (χ1v) is 11.8. The van der Waals surface area contributed by atoms with E-state index in [1.165, 1.54) is 0 Å². The molecule has 1 N–H and O–H groups in total. The van der Waals surface area contributed by atoms with Gasteiger partial charge in [-0.2, -0.15) is 0 Å². The molecule has 3 heterocycles. The fourth-order valence-corrected chi connectivity index (χ4v) is 4.37. The van der Waals surface area contributed by atoms with Crippen molar-refractivity contribution in [3.8, 4) is 0 Å². The summed E-state index contributed by atoms with van der Waals surface area (Å²) >= 11 is 6.01. The second kappa shape index (κ2) is 9.76. The quantitative estimate of drug-likeness (QED) is 0.466. The summed E-state index contributed by atoms with van der Waals surface area (Å²) in [7, 11) is 0. The van der Waals surface area contributed by atoms with E-state index in [2.05, 4.69) is 15.3 Å². The molecule has 1 aliphatic heterocycles. The Morgan fingerprint density at radius 2 is 1.80 bits per heavy atom. The Bertz CT molecular complexity index is 1430. The molecule has 4 aromatic rings. The number of aryl methyl sites for hydroxylation is 1. The van der Waals surface area contributed by atoms with Crippen molar-refractivity contribution in [2.45, 2.75) is 13.5 Å². The maximum absolute atomic E-state index is 13.6. The number of fused-ring (bicyclic) bond motifs is 1. The van der Waals surface area contributed by atoms with E-state index in [0.717, 1.165) is 11.1 Å². The number of benzene rings is 2. The molecule has 0 saturated carbocycles. The average Bonchev–Trinajstić information content (AvgIpc) is 2.87. The molecule has 0 unspecified atom stereocenters. The normalized spacial score (nSPS) is 13.8. The van der Waals surface area contributed by atoms with Gasteiger partial charge in [0.2, 0.25) is 0 Å². The molecule has 35 heavy (non-hydrogen) atoms. The molecular formula is C26H25ClN6O2. The van der Waals surface area contributed by atoms with Crippen LogP contribution in [0.25, 0.3) is 11.2 Å². The third-order valence-electron chi connectivity index (χ3n) is 6.09. The molecule has 1 aliphatic rings. The van der Waals surface area contributed by atoms with Gasteiger partial charge in [0, 0.05) is 43.1 Å². The first-order valence-electron chi connectivity index (χ1n) is 11.5. The lowest BCUT2D eigenvalue weighted by molar-refractivity contribution is 0.208. The van der Waals surface area contributed by atoms with E-state index in [1.807, 2.05) is 48.2 Å². The third-order valence-corrected chi connectivity index (χ3v) is 6.32. The van der Waals surface area contributed by atoms with Gasteiger partial charge in [-0.1, -0.05) is 47.5 Å². The van der Waals surface area contributed by atoms with Crippen LogP contribution in [0.3, 0.4) is 0 Å². The SMILES string of the molecule is Cc1ccc(Cn2c(=O)c(N3CCN(C(=O)Nc4cccc(Cl)c4)CC3)nc3cccnc32)cc1. The summed E-state index contributed by atoms with van der Waals surface area (Å²) in [5.74, 6) is 0.382. The number of piperazine rings is 1. The highest BCUT2D eigenvalue weighted by Crippen LogP contribution is 2.18. The smallest absolute Gasteiger partial charge is 0.321 e. The summed E-state index contributed by atoms with van der Waals surface area (Å²) in [6, 6.07) is 18.6. The van der Waals surface area contributed by atoms with Gasteiger partial charge < -0.3 is 15.1 Å². The van der Waals surface area contributed by atoms with Crippen molar-refractivity contribution in [1.29, 1.82) is 0 Å². The highest BCUT2D eigenvalue weighted by Gasteiger charge is 2.25. The van der Waals surface area contributed by atoms with Crippen LogP contribution in [0.1, 0.15) is 11.1 Å². The van der Waals surface area contributed by atoms with Crippen LogP contribution in [-0.4, -0.2) is 51.6 Å². The number of aromatic nitrogens is 3. The Kier molecular flexibility index (Phi) is 6.37. The average molecular weight is 489 g/mol. The predicted octanol–water partition coefficient (Wildman–Crippen LogP) is 4.16. The molecule has 1 saturated heterocycles. The summed E-state index contributed by atoms with van der Waals surface area (Å²) < 4.78 is 1.68. The van der Waals surface area contributed by atoms with Gasteiger partial charge in [0.1, 0.15) is 5.52 Å². The van der Waals surface area contributed by atoms with Crippen LogP contribution in [0.2, 0.25) is 5.02 Å². The zero-order chi connectivity index (χ0) is 24.4. The number of hydrogen-bond donors (Lipinski definition) is 1. The minimum Gasteiger partial charge on any atom is -0.348 e. The Labute approximate surface area is 207 Å². The highest BCUT2D eigenvalue weighted by molar-refractivity contribution is 6.30. The zero-order valence-electron chi connectivity index (χ0n) is 19.3. The van der Waals surface area contributed by atoms with Gasteiger partial charge in [-0.25, -0.2) is 14.8 Å². The largest absolute Gasteiger partial charge is 0.348 e. The molecule has 8 nitrogen and oxygen atoms in total. The lowest BCUT2D eigenvalue weighted by Gasteiger charge is -2.35. The van der Waals surface area contributed by atoms with Crippen LogP contribution in [0.15, 0.2) is 71.7 Å². The molecule has 2 aromatic heterocycles. The molecule has 0 radical (unpaired) electrons. The van der Waals surface area contributed by atoms with Crippen LogP contribution in [-0.2, 0) is 6.54 Å². The second-order valence-corrected chi connectivity index (χ2v) is 9.01. The van der Waals surface area contributed by atoms with Gasteiger partial charge in [-0.3, -0.25) is 9.36 Å². The molecule has 2 amide bonds. The van der Waals surface area contributed by atoms with Crippen molar-refractivity contribution in [3.63, 3.8) is 0 Å². The van der Waals surface area contributed by atoms with Crippen molar-refractivity contribution in [1.82, 2.24) is 19.4 Å². The van der Waals surface area contributed by atoms with Gasteiger partial charge in [0.25, 0.3) is 5.56 Å². The Hall–Kier alpha value is -3.91. The number of halogens is 1. The number of nitrogens with one attached hydrogen (secondary N) is 1. The number of nitrogens with zero attached hydrogens (tertiary/aromatic N) is 5. The number of pyridine rings is 1. The molecule has 9 heteroatoms. The third kappa shape index (κ3) is 4.97. The number of hydrogen-bond acceptors (Lipinski definition) is 5. The van der Waals surface area contributed by atoms with Crippen LogP contribution < -0.4 is 15.8 Å². The Morgan fingerprint density at radius 3 is 2.54 bits per heavy atom. The maximum atomic E-state index is 13.6. The molecule has 0 atom stereocenters. The summed E-state index contributed by atoms with van der Waals surface area (Å²) in [5, 5.41) is 3.44. The van der Waals surface area contributed by atoms with Crippen LogP contribution in [0.4, 0.5) is 16.3 Å². The molecular weight excluding hydrogens is 464 g/mol. The van der Waals surface area contributed by atoms with E-state index in [0.29, 0.717) is 60.4 Å². The Morgan fingerprint density at radius 1 is 1.03 bits per heavy atom. The summed E-state index contributed by atoms with van der Waals surface area (Å²) in [6.45, 7) is 4.38. The molecule has 5 rings (SSSR count). The van der Waals surface area contributed by atoms with Crippen LogP contribution in [0, 0.1) is 6.92 Å². The number of anilines is 2. The van der Waals surface area contributed by atoms with Crippen molar-refractivity contribution >= 4 is 40.3 Å². The minimum atomic E-state index is -0.195. The van der Waals surface area contributed by atoms with Crippen molar-refractivity contribution in [3.05, 3.63) is 93.4 Å². The van der Waals surface area contributed by atoms with Crippen molar-refractivity contribution in [2.24, 2.45) is 0 Å². The zero-order valence-corrected chi connectivity index (χ0v) is 20.1. The maximum Gasteiger partial charge on any atom is 0.321 e. The minimum absolute atomic E-state index is 0.186.